The van der Waals surface area contributed by atoms with Crippen molar-refractivity contribution >= 4 is 15.7 Å². The summed E-state index contributed by atoms with van der Waals surface area (Å²) in [6, 6.07) is 3.27. The fourth-order valence-corrected chi connectivity index (χ4v) is 1.53. The molecule has 3 N–H and O–H groups in total. The van der Waals surface area contributed by atoms with Gasteiger partial charge in [0, 0.05) is 25.5 Å². The van der Waals surface area contributed by atoms with Crippen LogP contribution in [0.1, 0.15) is 29.9 Å². The maximum absolute atomic E-state index is 11.8. The highest BCUT2D eigenvalue weighted by atomic mass is 32.2. The number of sulfone groups is 1. The van der Waals surface area contributed by atoms with E-state index in [0.717, 1.165) is 11.8 Å². The lowest BCUT2D eigenvalue weighted by atomic mass is 10.2. The van der Waals surface area contributed by atoms with Crippen LogP contribution in [0.15, 0.2) is 18.3 Å². The Hall–Kier alpha value is -1.47. The summed E-state index contributed by atoms with van der Waals surface area (Å²) in [7, 11) is -3.24. The molecule has 6 nitrogen and oxygen atoms in total. The Morgan fingerprint density at radius 3 is 2.47 bits per heavy atom. The van der Waals surface area contributed by atoms with Gasteiger partial charge in [0.05, 0.1) is 4.75 Å². The Morgan fingerprint density at radius 2 is 2.05 bits per heavy atom. The zero-order valence-electron chi connectivity index (χ0n) is 11.3. The highest BCUT2D eigenvalue weighted by molar-refractivity contribution is 7.92. The van der Waals surface area contributed by atoms with Crippen molar-refractivity contribution in [3.05, 3.63) is 29.6 Å². The van der Waals surface area contributed by atoms with Crippen molar-refractivity contribution in [1.29, 1.82) is 0 Å². The quantitative estimate of drug-likeness (QED) is 0.798. The van der Waals surface area contributed by atoms with E-state index in [1.54, 1.807) is 26.0 Å². The van der Waals surface area contributed by atoms with Gasteiger partial charge in [-0.25, -0.2) is 8.42 Å². The van der Waals surface area contributed by atoms with Gasteiger partial charge in [-0.3, -0.25) is 9.78 Å². The monoisotopic (exact) mass is 285 g/mol. The van der Waals surface area contributed by atoms with Gasteiger partial charge in [0.15, 0.2) is 9.84 Å². The molecule has 1 aromatic rings. The van der Waals surface area contributed by atoms with Crippen molar-refractivity contribution in [2.45, 2.75) is 25.1 Å². The van der Waals surface area contributed by atoms with Crippen LogP contribution in [0.4, 0.5) is 0 Å². The Bertz CT molecular complexity index is 550. The molecule has 106 valence electrons. The minimum absolute atomic E-state index is 0.0327. The largest absolute Gasteiger partial charge is 0.349 e. The first kappa shape index (κ1) is 15.6. The molecule has 0 aliphatic rings. The summed E-state index contributed by atoms with van der Waals surface area (Å²) in [5, 5.41) is 2.57. The van der Waals surface area contributed by atoms with Crippen molar-refractivity contribution in [3.63, 3.8) is 0 Å². The first-order valence-corrected chi connectivity index (χ1v) is 7.69. The number of amides is 1. The summed E-state index contributed by atoms with van der Waals surface area (Å²) in [6.45, 7) is 3.52. The maximum atomic E-state index is 11.8. The first-order valence-electron chi connectivity index (χ1n) is 5.80. The summed E-state index contributed by atoms with van der Waals surface area (Å²) in [4.78, 5) is 15.8. The van der Waals surface area contributed by atoms with Crippen LogP contribution in [-0.2, 0) is 16.4 Å². The van der Waals surface area contributed by atoms with Crippen LogP contribution < -0.4 is 11.1 Å². The van der Waals surface area contributed by atoms with Gasteiger partial charge in [0.25, 0.3) is 5.91 Å². The second-order valence-corrected chi connectivity index (χ2v) is 7.62. The summed E-state index contributed by atoms with van der Waals surface area (Å²) in [6.07, 6.45) is 2.67. The smallest absolute Gasteiger partial charge is 0.269 e. The Labute approximate surface area is 113 Å². The molecule has 0 aliphatic carbocycles. The normalized spacial score (nSPS) is 12.2. The van der Waals surface area contributed by atoms with Crippen molar-refractivity contribution in [2.24, 2.45) is 5.73 Å². The van der Waals surface area contributed by atoms with E-state index in [4.69, 9.17) is 5.73 Å². The van der Waals surface area contributed by atoms with Gasteiger partial charge in [-0.2, -0.15) is 0 Å². The lowest BCUT2D eigenvalue weighted by Gasteiger charge is -2.22. The molecule has 0 aliphatic heterocycles. The molecular weight excluding hydrogens is 266 g/mol. The van der Waals surface area contributed by atoms with E-state index in [1.165, 1.54) is 6.20 Å². The van der Waals surface area contributed by atoms with E-state index in [2.05, 4.69) is 10.3 Å². The SMILES string of the molecule is CC(C)(CNC(=O)c1ccc(CN)cn1)S(C)(=O)=O. The average molecular weight is 285 g/mol. The molecule has 1 heterocycles. The predicted molar refractivity (Wildman–Crippen MR) is 73.4 cm³/mol. The molecule has 7 heteroatoms. The number of nitrogens with zero attached hydrogens (tertiary/aromatic N) is 1. The molecule has 1 aromatic heterocycles. The highest BCUT2D eigenvalue weighted by Crippen LogP contribution is 2.13. The van der Waals surface area contributed by atoms with Gasteiger partial charge in [-0.15, -0.1) is 0 Å². The van der Waals surface area contributed by atoms with Gasteiger partial charge in [0.2, 0.25) is 0 Å². The molecule has 0 radical (unpaired) electrons. The number of carbonyl (C=O) groups excluding carboxylic acids is 1. The van der Waals surface area contributed by atoms with Gasteiger partial charge in [0.1, 0.15) is 5.69 Å². The maximum Gasteiger partial charge on any atom is 0.269 e. The van der Waals surface area contributed by atoms with Crippen LogP contribution in [0.25, 0.3) is 0 Å². The number of hydrogen-bond acceptors (Lipinski definition) is 5. The Morgan fingerprint density at radius 1 is 1.42 bits per heavy atom. The second-order valence-electron chi connectivity index (χ2n) is 4.97. The number of aromatic nitrogens is 1. The van der Waals surface area contributed by atoms with Crippen molar-refractivity contribution in [3.8, 4) is 0 Å². The zero-order valence-corrected chi connectivity index (χ0v) is 12.1. The van der Waals surface area contributed by atoms with E-state index >= 15 is 0 Å². The number of pyridine rings is 1. The number of nitrogens with two attached hydrogens (primary N) is 1. The standard InChI is InChI=1S/C12H19N3O3S/c1-12(2,19(3,17)18)8-15-11(16)10-5-4-9(6-13)7-14-10/h4-5,7H,6,8,13H2,1-3H3,(H,15,16). The third kappa shape index (κ3) is 4.00. The third-order valence-corrected chi connectivity index (χ3v) is 5.12. The van der Waals surface area contributed by atoms with E-state index < -0.39 is 20.5 Å². The molecule has 0 spiro atoms. The molecule has 0 atom stereocenters. The molecular formula is C12H19N3O3S. The lowest BCUT2D eigenvalue weighted by Crippen LogP contribution is -2.43. The molecule has 19 heavy (non-hydrogen) atoms. The molecule has 1 amide bonds. The highest BCUT2D eigenvalue weighted by Gasteiger charge is 2.30. The van der Waals surface area contributed by atoms with Gasteiger partial charge < -0.3 is 11.1 Å². The second kappa shape index (κ2) is 5.66. The van der Waals surface area contributed by atoms with Crippen molar-refractivity contribution < 1.29 is 13.2 Å². The minimum Gasteiger partial charge on any atom is -0.349 e. The van der Waals surface area contributed by atoms with Gasteiger partial charge in [-0.05, 0) is 25.5 Å². The number of carbonyl (C=O) groups is 1. The molecule has 0 saturated carbocycles. The average Bonchev–Trinajstić information content (AvgIpc) is 2.35. The summed E-state index contributed by atoms with van der Waals surface area (Å²) in [5.74, 6) is -0.403. The van der Waals surface area contributed by atoms with Crippen LogP contribution in [0.5, 0.6) is 0 Å². The molecule has 0 fully saturated rings. The molecule has 0 saturated heterocycles. The predicted octanol–water partition coefficient (Wildman–Crippen LogP) is 0.0933. The van der Waals surface area contributed by atoms with E-state index in [9.17, 15) is 13.2 Å². The van der Waals surface area contributed by atoms with Crippen LogP contribution >= 0.6 is 0 Å². The Balaban J connectivity index is 2.70. The van der Waals surface area contributed by atoms with Gasteiger partial charge in [-0.1, -0.05) is 6.07 Å². The lowest BCUT2D eigenvalue weighted by molar-refractivity contribution is 0.0945. The number of nitrogens with one attached hydrogen (secondary N) is 1. The van der Waals surface area contributed by atoms with Crippen LogP contribution in [-0.4, -0.2) is 36.9 Å². The van der Waals surface area contributed by atoms with E-state index in [1.807, 2.05) is 0 Å². The van der Waals surface area contributed by atoms with Crippen LogP contribution in [0.3, 0.4) is 0 Å². The molecule has 0 unspecified atom stereocenters. The summed E-state index contributed by atoms with van der Waals surface area (Å²) < 4.78 is 22.0. The number of hydrogen-bond donors (Lipinski definition) is 2. The summed E-state index contributed by atoms with van der Waals surface area (Å²) in [5.41, 5.74) is 6.50. The topological polar surface area (TPSA) is 102 Å². The third-order valence-electron chi connectivity index (χ3n) is 2.97. The fourth-order valence-electron chi connectivity index (χ4n) is 1.19. The molecule has 1 rings (SSSR count). The fraction of sp³-hybridized carbons (Fsp3) is 0.500. The van der Waals surface area contributed by atoms with E-state index in [-0.39, 0.29) is 12.2 Å². The first-order chi connectivity index (χ1) is 8.67. The number of rotatable bonds is 5. The van der Waals surface area contributed by atoms with Crippen LogP contribution in [0, 0.1) is 0 Å². The summed E-state index contributed by atoms with van der Waals surface area (Å²) >= 11 is 0. The van der Waals surface area contributed by atoms with Gasteiger partial charge >= 0.3 is 0 Å². The van der Waals surface area contributed by atoms with E-state index in [0.29, 0.717) is 6.54 Å². The molecule has 0 bridgehead atoms. The minimum atomic E-state index is -3.24. The van der Waals surface area contributed by atoms with Crippen LogP contribution in [0.2, 0.25) is 0 Å². The zero-order chi connectivity index (χ0) is 14.7. The molecule has 0 aromatic carbocycles. The van der Waals surface area contributed by atoms with Crippen molar-refractivity contribution in [2.75, 3.05) is 12.8 Å². The Kier molecular flexibility index (Phi) is 4.65. The van der Waals surface area contributed by atoms with Crippen molar-refractivity contribution in [1.82, 2.24) is 10.3 Å².